The number of hydrogen-bond acceptors (Lipinski definition) is 7. The Morgan fingerprint density at radius 2 is 1.79 bits per heavy atom. The van der Waals surface area contributed by atoms with Crippen molar-refractivity contribution in [1.29, 1.82) is 0 Å². The molecule has 0 radical (unpaired) electrons. The first-order valence-electron chi connectivity index (χ1n) is 8.10. The van der Waals surface area contributed by atoms with Crippen molar-refractivity contribution in [1.82, 2.24) is 0 Å². The van der Waals surface area contributed by atoms with Crippen LogP contribution in [0.25, 0.3) is 0 Å². The highest BCUT2D eigenvalue weighted by Gasteiger charge is 2.45. The summed E-state index contributed by atoms with van der Waals surface area (Å²) in [7, 11) is 0. The maximum Gasteiger partial charge on any atom is 0.398 e. The molecule has 0 fully saturated rings. The van der Waals surface area contributed by atoms with Gasteiger partial charge >= 0.3 is 17.7 Å². The second-order valence-corrected chi connectivity index (χ2v) is 4.91. The lowest BCUT2D eigenvalue weighted by molar-refractivity contribution is -0.141. The van der Waals surface area contributed by atoms with Crippen molar-refractivity contribution in [2.45, 2.75) is 39.4 Å². The second kappa shape index (κ2) is 15.3. The summed E-state index contributed by atoms with van der Waals surface area (Å²) >= 11 is 5.51. The zero-order valence-electron chi connectivity index (χ0n) is 16.0. The molecule has 0 rings (SSSR count). The number of halogens is 1. The van der Waals surface area contributed by atoms with E-state index in [1.165, 1.54) is 25.9 Å². The van der Waals surface area contributed by atoms with Gasteiger partial charge in [0.25, 0.3) is 0 Å². The highest BCUT2D eigenvalue weighted by atomic mass is 35.5. The molecule has 0 saturated carbocycles. The van der Waals surface area contributed by atoms with Crippen LogP contribution in [0.3, 0.4) is 0 Å². The molecule has 0 aliphatic heterocycles. The fraction of sp³-hybridized carbons (Fsp3) is 0.333. The van der Waals surface area contributed by atoms with Gasteiger partial charge in [0.1, 0.15) is 24.3 Å². The second-order valence-electron chi connectivity index (χ2n) is 4.53. The molecule has 7 nitrogen and oxygen atoms in total. The third kappa shape index (κ3) is 9.67. The number of allylic oxidation sites excluding steroid dienone is 1. The summed E-state index contributed by atoms with van der Waals surface area (Å²) in [5, 5.41) is 0. The maximum atomic E-state index is 12.3. The average Bonchev–Trinajstić information content (AvgIpc) is 2.72. The van der Waals surface area contributed by atoms with Crippen molar-refractivity contribution in [3.8, 4) is 47.9 Å². The molecule has 0 aromatic rings. The molecule has 0 aromatic carbocycles. The zero-order valence-corrected chi connectivity index (χ0v) is 16.8. The van der Waals surface area contributed by atoms with E-state index in [1.54, 1.807) is 6.92 Å². The highest BCUT2D eigenvalue weighted by Crippen LogP contribution is 2.22. The number of hydrogen-bond donors (Lipinski definition) is 0. The molecule has 0 aromatic heterocycles. The molecule has 8 heteroatoms. The van der Waals surface area contributed by atoms with Crippen molar-refractivity contribution in [2.24, 2.45) is 0 Å². The van der Waals surface area contributed by atoms with Gasteiger partial charge in [0.15, 0.2) is 0 Å². The van der Waals surface area contributed by atoms with Gasteiger partial charge in [-0.25, -0.2) is 14.4 Å². The van der Waals surface area contributed by atoms with Crippen molar-refractivity contribution >= 4 is 29.5 Å². The Balaban J connectivity index is 6.21. The lowest BCUT2D eigenvalue weighted by Crippen LogP contribution is -2.38. The average molecular weight is 417 g/mol. The summed E-state index contributed by atoms with van der Waals surface area (Å²) in [5.41, 5.74) is -0.858. The summed E-state index contributed by atoms with van der Waals surface area (Å²) < 4.78 is 19.6. The van der Waals surface area contributed by atoms with Crippen molar-refractivity contribution < 1.29 is 33.3 Å². The molecule has 0 spiro atoms. The van der Waals surface area contributed by atoms with E-state index in [9.17, 15) is 14.4 Å². The van der Waals surface area contributed by atoms with E-state index in [-0.39, 0.29) is 0 Å². The molecular formula is C21H17ClO7. The van der Waals surface area contributed by atoms with Crippen LogP contribution in [-0.4, -0.2) is 29.5 Å². The number of rotatable bonds is 7. The Labute approximate surface area is 174 Å². The Hall–Kier alpha value is -3.74. The van der Waals surface area contributed by atoms with E-state index in [0.29, 0.717) is 18.7 Å². The molecule has 0 saturated heterocycles. The van der Waals surface area contributed by atoms with E-state index in [4.69, 9.17) is 25.8 Å². The minimum absolute atomic E-state index is 0.299. The number of ether oxygens (including phenoxy) is 4. The van der Waals surface area contributed by atoms with Crippen LogP contribution < -0.4 is 0 Å². The third-order valence-electron chi connectivity index (χ3n) is 2.50. The van der Waals surface area contributed by atoms with Crippen molar-refractivity contribution in [3.63, 3.8) is 0 Å². The molecule has 150 valence electrons. The normalized spacial score (nSPS) is 10.5. The minimum atomic E-state index is -2.48. The van der Waals surface area contributed by atoms with Gasteiger partial charge < -0.3 is 18.9 Å². The van der Waals surface area contributed by atoms with Gasteiger partial charge in [0.2, 0.25) is 5.57 Å². The summed E-state index contributed by atoms with van der Waals surface area (Å²) in [6.45, 7) is 4.58. The summed E-state index contributed by atoms with van der Waals surface area (Å²) in [6.07, 6.45) is 9.71. The van der Waals surface area contributed by atoms with Crippen LogP contribution in [0.1, 0.15) is 33.6 Å². The van der Waals surface area contributed by atoms with Crippen LogP contribution in [0.4, 0.5) is 0 Å². The Kier molecular flexibility index (Phi) is 13.4. The van der Waals surface area contributed by atoms with Crippen LogP contribution in [-0.2, 0) is 33.3 Å². The largest absolute Gasteiger partial charge is 0.431 e. The topological polar surface area (TPSA) is 88.1 Å². The lowest BCUT2D eigenvalue weighted by atomic mass is 10.1. The fourth-order valence-electron chi connectivity index (χ4n) is 1.34. The standard InChI is InChI=1S/C21H17ClO7/c1-4-7-16-29-21(28-14-6-3,11-10-19(24)26-13-5-2)18(17-23)20(25)27-15-9-8-12-22/h9,15H,4,8,12H2,1-3H3. The fourth-order valence-corrected chi connectivity index (χ4v) is 1.46. The minimum Gasteiger partial charge on any atom is -0.431 e. The number of esters is 2. The Morgan fingerprint density at radius 3 is 2.38 bits per heavy atom. The molecule has 0 amide bonds. The first kappa shape index (κ1) is 25.3. The highest BCUT2D eigenvalue weighted by molar-refractivity contribution is 6.17. The van der Waals surface area contributed by atoms with Gasteiger partial charge in [0.05, 0.1) is 6.26 Å². The van der Waals surface area contributed by atoms with E-state index in [0.717, 1.165) is 6.26 Å². The van der Waals surface area contributed by atoms with Gasteiger partial charge in [-0.2, -0.15) is 0 Å². The zero-order chi connectivity index (χ0) is 22.0. The summed E-state index contributed by atoms with van der Waals surface area (Å²) in [5.74, 6) is 8.31. The van der Waals surface area contributed by atoms with Crippen LogP contribution in [0.5, 0.6) is 0 Å². The molecular weight excluding hydrogens is 400 g/mol. The van der Waals surface area contributed by atoms with Crippen LogP contribution in [0, 0.1) is 47.9 Å². The number of carbonyl (C=O) groups is 2. The van der Waals surface area contributed by atoms with Crippen molar-refractivity contribution in [3.05, 3.63) is 17.9 Å². The van der Waals surface area contributed by atoms with Crippen LogP contribution in [0.15, 0.2) is 17.9 Å². The van der Waals surface area contributed by atoms with Gasteiger partial charge in [-0.3, -0.25) is 0 Å². The predicted molar refractivity (Wildman–Crippen MR) is 104 cm³/mol. The SMILES string of the molecule is CC#COC(=O)C#CC(OC#CC)(OC#CCC)C(=C=O)C(=O)OC=CCCCl. The van der Waals surface area contributed by atoms with Gasteiger partial charge in [0, 0.05) is 38.0 Å². The quantitative estimate of drug-likeness (QED) is 0.0917. The van der Waals surface area contributed by atoms with Gasteiger partial charge in [-0.05, 0) is 12.5 Å². The molecule has 0 aliphatic carbocycles. The van der Waals surface area contributed by atoms with Crippen molar-refractivity contribution in [2.75, 3.05) is 5.88 Å². The summed E-state index contributed by atoms with van der Waals surface area (Å²) in [6, 6.07) is 0. The van der Waals surface area contributed by atoms with Gasteiger partial charge in [-0.15, -0.1) is 11.6 Å². The monoisotopic (exact) mass is 416 g/mol. The number of alkyl halides is 1. The maximum absolute atomic E-state index is 12.3. The lowest BCUT2D eigenvalue weighted by Gasteiger charge is -2.22. The molecule has 29 heavy (non-hydrogen) atoms. The molecule has 0 bridgehead atoms. The summed E-state index contributed by atoms with van der Waals surface area (Å²) in [4.78, 5) is 35.5. The first-order chi connectivity index (χ1) is 14.0. The smallest absolute Gasteiger partial charge is 0.398 e. The molecule has 0 aliphatic rings. The number of carbonyl (C=O) groups excluding carboxylic acids is 3. The predicted octanol–water partition coefficient (Wildman–Crippen LogP) is 2.04. The van der Waals surface area contributed by atoms with E-state index >= 15 is 0 Å². The molecule has 1 atom stereocenters. The molecule has 0 N–H and O–H groups in total. The third-order valence-corrected chi connectivity index (χ3v) is 2.72. The van der Waals surface area contributed by atoms with Gasteiger partial charge in [-0.1, -0.05) is 24.7 Å². The molecule has 0 heterocycles. The van der Waals surface area contributed by atoms with E-state index < -0.39 is 23.3 Å². The Bertz CT molecular complexity index is 913. The van der Waals surface area contributed by atoms with Crippen LogP contribution in [0.2, 0.25) is 0 Å². The Morgan fingerprint density at radius 1 is 1.10 bits per heavy atom. The van der Waals surface area contributed by atoms with E-state index in [2.05, 4.69) is 46.7 Å². The van der Waals surface area contributed by atoms with E-state index in [1.807, 2.05) is 5.92 Å². The molecule has 1 unspecified atom stereocenters. The first-order valence-corrected chi connectivity index (χ1v) is 8.63. The van der Waals surface area contributed by atoms with Crippen LogP contribution >= 0.6 is 11.6 Å².